The van der Waals surface area contributed by atoms with Crippen molar-refractivity contribution in [2.45, 2.75) is 32.7 Å². The summed E-state index contributed by atoms with van der Waals surface area (Å²) in [5, 5.41) is 2.76. The summed E-state index contributed by atoms with van der Waals surface area (Å²) in [4.78, 5) is 22.0. The predicted octanol–water partition coefficient (Wildman–Crippen LogP) is 0.0391. The maximum atomic E-state index is 11.3. The zero-order valence-corrected chi connectivity index (χ0v) is 9.58. The van der Waals surface area contributed by atoms with Crippen LogP contribution in [-0.4, -0.2) is 31.6 Å². The fraction of sp³-hybridized carbons (Fsp3) is 0.800. The Hall–Kier alpha value is -1.10. The van der Waals surface area contributed by atoms with Crippen LogP contribution in [0.3, 0.4) is 0 Å². The molecule has 15 heavy (non-hydrogen) atoms. The molecule has 0 aromatic heterocycles. The summed E-state index contributed by atoms with van der Waals surface area (Å²) < 4.78 is 4.88. The minimum absolute atomic E-state index is 0.00798. The highest BCUT2D eigenvalue weighted by molar-refractivity contribution is 5.79. The fourth-order valence-electron chi connectivity index (χ4n) is 1.13. The molecule has 0 spiro atoms. The highest BCUT2D eigenvalue weighted by Crippen LogP contribution is 2.04. The molecule has 88 valence electrons. The van der Waals surface area contributed by atoms with Gasteiger partial charge in [0.15, 0.2) is 0 Å². The molecule has 0 radical (unpaired) electrons. The van der Waals surface area contributed by atoms with E-state index in [1.165, 1.54) is 0 Å². The van der Waals surface area contributed by atoms with Crippen LogP contribution < -0.4 is 11.1 Å². The molecule has 2 amide bonds. The molecule has 0 rings (SSSR count). The smallest absolute Gasteiger partial charge is 0.220 e. The number of carbonyl (C=O) groups excluding carboxylic acids is 2. The lowest BCUT2D eigenvalue weighted by molar-refractivity contribution is -0.123. The number of primary amides is 1. The van der Waals surface area contributed by atoms with E-state index in [-0.39, 0.29) is 23.8 Å². The van der Waals surface area contributed by atoms with Crippen molar-refractivity contribution in [2.75, 3.05) is 13.7 Å². The van der Waals surface area contributed by atoms with Crippen molar-refractivity contribution in [1.29, 1.82) is 0 Å². The van der Waals surface area contributed by atoms with Gasteiger partial charge in [0.2, 0.25) is 11.8 Å². The maximum absolute atomic E-state index is 11.3. The summed E-state index contributed by atoms with van der Waals surface area (Å²) in [7, 11) is 1.58. The van der Waals surface area contributed by atoms with Crippen molar-refractivity contribution in [1.82, 2.24) is 5.32 Å². The first-order valence-corrected chi connectivity index (χ1v) is 5.05. The van der Waals surface area contributed by atoms with Crippen LogP contribution in [0.25, 0.3) is 0 Å². The summed E-state index contributed by atoms with van der Waals surface area (Å²) in [6.07, 6.45) is 0.805. The van der Waals surface area contributed by atoms with Gasteiger partial charge in [-0.3, -0.25) is 9.59 Å². The van der Waals surface area contributed by atoms with Crippen molar-refractivity contribution in [3.05, 3.63) is 0 Å². The van der Waals surface area contributed by atoms with Gasteiger partial charge in [-0.25, -0.2) is 0 Å². The van der Waals surface area contributed by atoms with Gasteiger partial charge in [-0.15, -0.1) is 0 Å². The standard InChI is InChI=1S/C10H20N2O3/c1-7(10(11)14)4-5-9(13)12-8(2)6-15-3/h7-8H,4-6H2,1-3H3,(H2,11,14)(H,12,13)/t7-,8-/m0/s1. The van der Waals surface area contributed by atoms with Crippen LogP contribution in [0.1, 0.15) is 26.7 Å². The first-order valence-electron chi connectivity index (χ1n) is 5.05. The molecular formula is C10H20N2O3. The van der Waals surface area contributed by atoms with Crippen LogP contribution in [-0.2, 0) is 14.3 Å². The highest BCUT2D eigenvalue weighted by Gasteiger charge is 2.12. The number of nitrogens with two attached hydrogens (primary N) is 1. The molecule has 0 aliphatic rings. The molecule has 2 atom stereocenters. The van der Waals surface area contributed by atoms with Crippen LogP contribution in [0.5, 0.6) is 0 Å². The minimum atomic E-state index is -0.368. The van der Waals surface area contributed by atoms with E-state index in [1.54, 1.807) is 14.0 Å². The molecule has 0 saturated carbocycles. The molecular weight excluding hydrogens is 196 g/mol. The van der Waals surface area contributed by atoms with Crippen LogP contribution in [0, 0.1) is 5.92 Å². The number of amides is 2. The number of hydrogen-bond acceptors (Lipinski definition) is 3. The van der Waals surface area contributed by atoms with E-state index in [4.69, 9.17) is 10.5 Å². The lowest BCUT2D eigenvalue weighted by atomic mass is 10.1. The second kappa shape index (κ2) is 7.23. The monoisotopic (exact) mass is 216 g/mol. The van der Waals surface area contributed by atoms with E-state index in [0.717, 1.165) is 0 Å². The van der Waals surface area contributed by atoms with E-state index in [1.807, 2.05) is 6.92 Å². The molecule has 3 N–H and O–H groups in total. The Morgan fingerprint density at radius 1 is 1.40 bits per heavy atom. The van der Waals surface area contributed by atoms with E-state index >= 15 is 0 Å². The zero-order chi connectivity index (χ0) is 11.8. The number of hydrogen-bond donors (Lipinski definition) is 2. The summed E-state index contributed by atoms with van der Waals surface area (Å²) in [6, 6.07) is -0.00798. The largest absolute Gasteiger partial charge is 0.383 e. The summed E-state index contributed by atoms with van der Waals surface area (Å²) in [5.41, 5.74) is 5.08. The molecule has 0 aliphatic carbocycles. The van der Waals surface area contributed by atoms with Gasteiger partial charge in [0.25, 0.3) is 0 Å². The first-order chi connectivity index (χ1) is 6.97. The second-order valence-corrected chi connectivity index (χ2v) is 3.77. The Morgan fingerprint density at radius 2 is 2.00 bits per heavy atom. The Balaban J connectivity index is 3.70. The van der Waals surface area contributed by atoms with E-state index < -0.39 is 0 Å². The first kappa shape index (κ1) is 13.9. The molecule has 5 nitrogen and oxygen atoms in total. The third-order valence-electron chi connectivity index (χ3n) is 2.11. The topological polar surface area (TPSA) is 81.4 Å². The van der Waals surface area contributed by atoms with Crippen LogP contribution in [0.15, 0.2) is 0 Å². The van der Waals surface area contributed by atoms with E-state index in [0.29, 0.717) is 19.4 Å². The average molecular weight is 216 g/mol. The van der Waals surface area contributed by atoms with Crippen molar-refractivity contribution in [2.24, 2.45) is 11.7 Å². The second-order valence-electron chi connectivity index (χ2n) is 3.77. The van der Waals surface area contributed by atoms with Crippen LogP contribution in [0.2, 0.25) is 0 Å². The van der Waals surface area contributed by atoms with Crippen molar-refractivity contribution in [3.8, 4) is 0 Å². The molecule has 5 heteroatoms. The molecule has 0 aromatic carbocycles. The van der Waals surface area contributed by atoms with Crippen molar-refractivity contribution < 1.29 is 14.3 Å². The van der Waals surface area contributed by atoms with Gasteiger partial charge >= 0.3 is 0 Å². The third kappa shape index (κ3) is 6.90. The normalized spacial score (nSPS) is 14.3. The van der Waals surface area contributed by atoms with Crippen molar-refractivity contribution in [3.63, 3.8) is 0 Å². The number of nitrogens with one attached hydrogen (secondary N) is 1. The number of methoxy groups -OCH3 is 1. The van der Waals surface area contributed by atoms with Gasteiger partial charge in [0.1, 0.15) is 0 Å². The van der Waals surface area contributed by atoms with Gasteiger partial charge in [0, 0.05) is 25.5 Å². The summed E-state index contributed by atoms with van der Waals surface area (Å²) in [5.74, 6) is -0.700. The molecule has 0 saturated heterocycles. The van der Waals surface area contributed by atoms with Gasteiger partial charge in [-0.2, -0.15) is 0 Å². The molecule has 0 bridgehead atoms. The molecule has 0 fully saturated rings. The Kier molecular flexibility index (Phi) is 6.70. The molecule has 0 aromatic rings. The third-order valence-corrected chi connectivity index (χ3v) is 2.11. The highest BCUT2D eigenvalue weighted by atomic mass is 16.5. The molecule has 0 aliphatic heterocycles. The van der Waals surface area contributed by atoms with E-state index in [2.05, 4.69) is 5.32 Å². The number of carbonyl (C=O) groups is 2. The van der Waals surface area contributed by atoms with Crippen LogP contribution in [0.4, 0.5) is 0 Å². The Morgan fingerprint density at radius 3 is 2.47 bits per heavy atom. The van der Waals surface area contributed by atoms with Gasteiger partial charge in [0.05, 0.1) is 6.61 Å². The molecule has 0 heterocycles. The van der Waals surface area contributed by atoms with Crippen molar-refractivity contribution >= 4 is 11.8 Å². The quantitative estimate of drug-likeness (QED) is 0.630. The van der Waals surface area contributed by atoms with Gasteiger partial charge in [-0.1, -0.05) is 6.92 Å². The van der Waals surface area contributed by atoms with Gasteiger partial charge in [-0.05, 0) is 13.3 Å². The predicted molar refractivity (Wildman–Crippen MR) is 57.1 cm³/mol. The summed E-state index contributed by atoms with van der Waals surface area (Å²) >= 11 is 0. The SMILES string of the molecule is COC[C@H](C)NC(=O)CC[C@H](C)C(N)=O. The lowest BCUT2D eigenvalue weighted by Gasteiger charge is -2.13. The van der Waals surface area contributed by atoms with E-state index in [9.17, 15) is 9.59 Å². The molecule has 0 unspecified atom stereocenters. The Bertz CT molecular complexity index is 219. The fourth-order valence-corrected chi connectivity index (χ4v) is 1.13. The Labute approximate surface area is 90.4 Å². The number of rotatable bonds is 7. The average Bonchev–Trinajstić information content (AvgIpc) is 2.14. The lowest BCUT2D eigenvalue weighted by Crippen LogP contribution is -2.36. The number of ether oxygens (including phenoxy) is 1. The maximum Gasteiger partial charge on any atom is 0.220 e. The van der Waals surface area contributed by atoms with Crippen LogP contribution >= 0.6 is 0 Å². The van der Waals surface area contributed by atoms with Gasteiger partial charge < -0.3 is 15.8 Å². The zero-order valence-electron chi connectivity index (χ0n) is 9.58. The summed E-state index contributed by atoms with van der Waals surface area (Å²) in [6.45, 7) is 4.06. The minimum Gasteiger partial charge on any atom is -0.383 e.